The Kier molecular flexibility index (Phi) is 4.24. The minimum absolute atomic E-state index is 0.0132. The van der Waals surface area contributed by atoms with Crippen LogP contribution in [0.3, 0.4) is 0 Å². The number of aromatic amines is 1. The molecule has 0 bridgehead atoms. The van der Waals surface area contributed by atoms with Crippen molar-refractivity contribution in [1.82, 2.24) is 15.2 Å². The fourth-order valence-corrected chi connectivity index (χ4v) is 2.41. The molecule has 0 aromatic carbocycles. The van der Waals surface area contributed by atoms with Gasteiger partial charge in [0.2, 0.25) is 5.91 Å². The fourth-order valence-electron chi connectivity index (χ4n) is 2.41. The Morgan fingerprint density at radius 1 is 1.33 bits per heavy atom. The number of halogens is 3. The summed E-state index contributed by atoms with van der Waals surface area (Å²) in [5.41, 5.74) is -0.952. The first-order valence-corrected chi connectivity index (χ1v) is 6.59. The van der Waals surface area contributed by atoms with Gasteiger partial charge in [0, 0.05) is 32.3 Å². The summed E-state index contributed by atoms with van der Waals surface area (Å²) in [6.07, 6.45) is -2.40. The van der Waals surface area contributed by atoms with Crippen LogP contribution in [0.4, 0.5) is 13.2 Å². The van der Waals surface area contributed by atoms with E-state index in [1.54, 1.807) is 7.05 Å². The first kappa shape index (κ1) is 15.4. The zero-order valence-corrected chi connectivity index (χ0v) is 11.5. The number of amides is 2. The van der Waals surface area contributed by atoms with Crippen LogP contribution in [0, 0.1) is 5.92 Å². The average molecular weight is 303 g/mol. The van der Waals surface area contributed by atoms with Crippen LogP contribution in [0.2, 0.25) is 0 Å². The molecule has 8 heteroatoms. The maximum atomic E-state index is 12.5. The molecule has 2 rings (SSSR count). The number of carbonyl (C=O) groups excluding carboxylic acids is 2. The van der Waals surface area contributed by atoms with Gasteiger partial charge in [-0.15, -0.1) is 0 Å². The van der Waals surface area contributed by atoms with Crippen LogP contribution in [0.25, 0.3) is 0 Å². The molecule has 116 valence electrons. The van der Waals surface area contributed by atoms with E-state index in [0.717, 1.165) is 12.3 Å². The predicted molar refractivity (Wildman–Crippen MR) is 68.5 cm³/mol. The Balaban J connectivity index is 1.99. The number of carbonyl (C=O) groups is 2. The normalized spacial score (nSPS) is 16.9. The van der Waals surface area contributed by atoms with Crippen LogP contribution in [0.1, 0.15) is 28.9 Å². The van der Waals surface area contributed by atoms with Crippen molar-refractivity contribution in [1.29, 1.82) is 0 Å². The van der Waals surface area contributed by atoms with Gasteiger partial charge < -0.3 is 15.2 Å². The standard InChI is InChI=1S/C13H16F3N3O2/c1-17-11(20)8-2-4-19(5-3-8)12(21)9-6-10(18-7-9)13(14,15)16/h6-8,18H,2-5H2,1H3,(H,17,20). The zero-order chi connectivity index (χ0) is 15.6. The minimum atomic E-state index is -4.50. The van der Waals surface area contributed by atoms with E-state index in [1.165, 1.54) is 4.90 Å². The molecule has 5 nitrogen and oxygen atoms in total. The third-order valence-electron chi connectivity index (χ3n) is 3.63. The molecule has 0 spiro atoms. The Hall–Kier alpha value is -1.99. The van der Waals surface area contributed by atoms with Crippen molar-refractivity contribution in [2.45, 2.75) is 19.0 Å². The number of piperidine rings is 1. The lowest BCUT2D eigenvalue weighted by molar-refractivity contribution is -0.140. The van der Waals surface area contributed by atoms with Crippen molar-refractivity contribution in [2.24, 2.45) is 5.92 Å². The number of nitrogens with zero attached hydrogens (tertiary/aromatic N) is 1. The Labute approximate surface area is 119 Å². The summed E-state index contributed by atoms with van der Waals surface area (Å²) < 4.78 is 37.5. The first-order valence-electron chi connectivity index (χ1n) is 6.59. The second-order valence-corrected chi connectivity index (χ2v) is 4.98. The highest BCUT2D eigenvalue weighted by Gasteiger charge is 2.34. The van der Waals surface area contributed by atoms with E-state index in [1.807, 2.05) is 0 Å². The van der Waals surface area contributed by atoms with E-state index in [9.17, 15) is 22.8 Å². The lowest BCUT2D eigenvalue weighted by Gasteiger charge is -2.30. The molecule has 2 heterocycles. The molecule has 1 fully saturated rings. The minimum Gasteiger partial charge on any atom is -0.359 e. The molecule has 0 unspecified atom stereocenters. The quantitative estimate of drug-likeness (QED) is 0.872. The summed E-state index contributed by atoms with van der Waals surface area (Å²) in [4.78, 5) is 27.1. The second kappa shape index (κ2) is 5.79. The smallest absolute Gasteiger partial charge is 0.359 e. The molecule has 0 saturated carbocycles. The van der Waals surface area contributed by atoms with E-state index in [0.29, 0.717) is 25.9 Å². The van der Waals surface area contributed by atoms with Crippen molar-refractivity contribution < 1.29 is 22.8 Å². The predicted octanol–water partition coefficient (Wildman–Crippen LogP) is 1.63. The summed E-state index contributed by atoms with van der Waals surface area (Å²) >= 11 is 0. The molecule has 2 N–H and O–H groups in total. The van der Waals surface area contributed by atoms with Gasteiger partial charge in [-0.1, -0.05) is 0 Å². The number of H-pyrrole nitrogens is 1. The van der Waals surface area contributed by atoms with Crippen molar-refractivity contribution in [2.75, 3.05) is 20.1 Å². The molecule has 1 aliphatic rings. The SMILES string of the molecule is CNC(=O)C1CCN(C(=O)c2c[nH]c(C(F)(F)F)c2)CC1. The highest BCUT2D eigenvalue weighted by atomic mass is 19.4. The maximum absolute atomic E-state index is 12.5. The summed E-state index contributed by atoms with van der Waals surface area (Å²) in [5, 5.41) is 2.56. The summed E-state index contributed by atoms with van der Waals surface area (Å²) in [6.45, 7) is 0.729. The molecule has 0 aliphatic carbocycles. The van der Waals surface area contributed by atoms with Gasteiger partial charge in [-0.05, 0) is 18.9 Å². The van der Waals surface area contributed by atoms with E-state index >= 15 is 0 Å². The molecular weight excluding hydrogens is 287 g/mol. The van der Waals surface area contributed by atoms with Crippen LogP contribution in [0.15, 0.2) is 12.3 Å². The van der Waals surface area contributed by atoms with Gasteiger partial charge >= 0.3 is 6.18 Å². The molecular formula is C13H16F3N3O2. The zero-order valence-electron chi connectivity index (χ0n) is 11.5. The maximum Gasteiger partial charge on any atom is 0.431 e. The monoisotopic (exact) mass is 303 g/mol. The topological polar surface area (TPSA) is 65.2 Å². The Morgan fingerprint density at radius 2 is 1.95 bits per heavy atom. The molecule has 21 heavy (non-hydrogen) atoms. The summed E-state index contributed by atoms with van der Waals surface area (Å²) in [7, 11) is 1.55. The van der Waals surface area contributed by atoms with Gasteiger partial charge in [0.15, 0.2) is 0 Å². The molecule has 0 atom stereocenters. The van der Waals surface area contributed by atoms with E-state index in [4.69, 9.17) is 0 Å². The van der Waals surface area contributed by atoms with Gasteiger partial charge in [-0.2, -0.15) is 13.2 Å². The third kappa shape index (κ3) is 3.37. The van der Waals surface area contributed by atoms with Crippen LogP contribution in [-0.2, 0) is 11.0 Å². The molecule has 1 saturated heterocycles. The lowest BCUT2D eigenvalue weighted by Crippen LogP contribution is -2.42. The van der Waals surface area contributed by atoms with Gasteiger partial charge in [-0.25, -0.2) is 0 Å². The fraction of sp³-hybridized carbons (Fsp3) is 0.538. The third-order valence-corrected chi connectivity index (χ3v) is 3.63. The second-order valence-electron chi connectivity index (χ2n) is 4.98. The molecule has 1 aliphatic heterocycles. The molecule has 1 aromatic heterocycles. The average Bonchev–Trinajstić information content (AvgIpc) is 2.95. The number of nitrogens with one attached hydrogen (secondary N) is 2. The van der Waals surface area contributed by atoms with E-state index < -0.39 is 17.8 Å². The number of hydrogen-bond acceptors (Lipinski definition) is 2. The highest BCUT2D eigenvalue weighted by Crippen LogP contribution is 2.29. The highest BCUT2D eigenvalue weighted by molar-refractivity contribution is 5.94. The van der Waals surface area contributed by atoms with Crippen molar-refractivity contribution in [3.63, 3.8) is 0 Å². The van der Waals surface area contributed by atoms with E-state index in [-0.39, 0.29) is 17.4 Å². The number of rotatable bonds is 2. The Morgan fingerprint density at radius 3 is 2.43 bits per heavy atom. The largest absolute Gasteiger partial charge is 0.431 e. The van der Waals surface area contributed by atoms with Crippen LogP contribution < -0.4 is 5.32 Å². The number of alkyl halides is 3. The van der Waals surface area contributed by atoms with Crippen LogP contribution >= 0.6 is 0 Å². The summed E-state index contributed by atoms with van der Waals surface area (Å²) in [5.74, 6) is -0.656. The molecule has 0 radical (unpaired) electrons. The van der Waals surface area contributed by atoms with Gasteiger partial charge in [0.05, 0.1) is 5.56 Å². The Bertz CT molecular complexity index is 531. The first-order chi connectivity index (χ1) is 9.82. The summed E-state index contributed by atoms with van der Waals surface area (Å²) in [6, 6.07) is 0.813. The van der Waals surface area contributed by atoms with Crippen molar-refractivity contribution >= 4 is 11.8 Å². The van der Waals surface area contributed by atoms with Gasteiger partial charge in [0.25, 0.3) is 5.91 Å². The van der Waals surface area contributed by atoms with Gasteiger partial charge in [0.1, 0.15) is 5.69 Å². The van der Waals surface area contributed by atoms with E-state index in [2.05, 4.69) is 10.3 Å². The van der Waals surface area contributed by atoms with Crippen molar-refractivity contribution in [3.05, 3.63) is 23.5 Å². The van der Waals surface area contributed by atoms with Crippen LogP contribution in [-0.4, -0.2) is 41.8 Å². The van der Waals surface area contributed by atoms with Gasteiger partial charge in [-0.3, -0.25) is 9.59 Å². The molecule has 2 amide bonds. The lowest BCUT2D eigenvalue weighted by atomic mass is 9.95. The number of likely N-dealkylation sites (tertiary alicyclic amines) is 1. The number of aromatic nitrogens is 1. The number of hydrogen-bond donors (Lipinski definition) is 2. The molecule has 1 aromatic rings. The van der Waals surface area contributed by atoms with Crippen LogP contribution in [0.5, 0.6) is 0 Å². The van der Waals surface area contributed by atoms with Crippen molar-refractivity contribution in [3.8, 4) is 0 Å².